The summed E-state index contributed by atoms with van der Waals surface area (Å²) in [6.07, 6.45) is 1.62. The van der Waals surface area contributed by atoms with Crippen molar-refractivity contribution < 1.29 is 9.53 Å². The lowest BCUT2D eigenvalue weighted by atomic mass is 10.2. The summed E-state index contributed by atoms with van der Waals surface area (Å²) in [5, 5.41) is 2.97. The normalized spacial score (nSPS) is 17.5. The Balaban J connectivity index is 1.33. The highest BCUT2D eigenvalue weighted by molar-refractivity contribution is 5.89. The van der Waals surface area contributed by atoms with Gasteiger partial charge in [0, 0.05) is 51.0 Å². The highest BCUT2D eigenvalue weighted by atomic mass is 16.5. The van der Waals surface area contributed by atoms with Crippen LogP contribution in [0.5, 0.6) is 0 Å². The molecule has 0 unspecified atom stereocenters. The number of urea groups is 1. The molecular formula is C20H26N6O2. The molecule has 2 saturated heterocycles. The molecular weight excluding hydrogens is 356 g/mol. The fourth-order valence-electron chi connectivity index (χ4n) is 3.45. The van der Waals surface area contributed by atoms with E-state index in [4.69, 9.17) is 4.74 Å². The van der Waals surface area contributed by atoms with Crippen LogP contribution in [0.1, 0.15) is 5.56 Å². The number of anilines is 3. The molecule has 1 N–H and O–H groups in total. The summed E-state index contributed by atoms with van der Waals surface area (Å²) in [5.41, 5.74) is 2.00. The summed E-state index contributed by atoms with van der Waals surface area (Å²) in [7, 11) is 0. The molecule has 2 aromatic rings. The number of rotatable bonds is 3. The standard InChI is InChI=1S/C20H26N6O2/c1-16-2-4-17(5-3-16)23-20(27)26-8-6-24(7-9-26)18-14-19(22-15-21-18)25-10-12-28-13-11-25/h2-5,14-15H,6-13H2,1H3,(H,23,27). The number of hydrogen-bond acceptors (Lipinski definition) is 6. The van der Waals surface area contributed by atoms with E-state index in [2.05, 4.69) is 25.1 Å². The number of hydrogen-bond donors (Lipinski definition) is 1. The van der Waals surface area contributed by atoms with E-state index in [1.165, 1.54) is 5.56 Å². The minimum Gasteiger partial charge on any atom is -0.378 e. The molecule has 1 aromatic carbocycles. The smallest absolute Gasteiger partial charge is 0.321 e. The van der Waals surface area contributed by atoms with E-state index in [1.54, 1.807) is 6.33 Å². The minimum atomic E-state index is -0.0554. The van der Waals surface area contributed by atoms with Crippen LogP contribution in [0.4, 0.5) is 22.1 Å². The highest BCUT2D eigenvalue weighted by Crippen LogP contribution is 2.20. The maximum atomic E-state index is 12.5. The van der Waals surface area contributed by atoms with Crippen LogP contribution >= 0.6 is 0 Å². The second kappa shape index (κ2) is 8.43. The average Bonchev–Trinajstić information content (AvgIpc) is 2.76. The number of aryl methyl sites for hydroxylation is 1. The Labute approximate surface area is 165 Å². The number of amides is 2. The number of aromatic nitrogens is 2. The summed E-state index contributed by atoms with van der Waals surface area (Å²) in [5.74, 6) is 1.85. The van der Waals surface area contributed by atoms with Crippen LogP contribution in [0.3, 0.4) is 0 Å². The van der Waals surface area contributed by atoms with Gasteiger partial charge in [-0.2, -0.15) is 0 Å². The molecule has 8 heteroatoms. The van der Waals surface area contributed by atoms with Gasteiger partial charge >= 0.3 is 6.03 Å². The van der Waals surface area contributed by atoms with Gasteiger partial charge in [0.05, 0.1) is 13.2 Å². The average molecular weight is 382 g/mol. The van der Waals surface area contributed by atoms with E-state index < -0.39 is 0 Å². The lowest BCUT2D eigenvalue weighted by Crippen LogP contribution is -2.50. The van der Waals surface area contributed by atoms with E-state index in [-0.39, 0.29) is 6.03 Å². The summed E-state index contributed by atoms with van der Waals surface area (Å²) in [6, 6.07) is 9.83. The zero-order valence-corrected chi connectivity index (χ0v) is 16.2. The van der Waals surface area contributed by atoms with Crippen molar-refractivity contribution in [1.29, 1.82) is 0 Å². The van der Waals surface area contributed by atoms with Crippen LogP contribution < -0.4 is 15.1 Å². The van der Waals surface area contributed by atoms with E-state index in [0.29, 0.717) is 13.1 Å². The quantitative estimate of drug-likeness (QED) is 0.875. The maximum Gasteiger partial charge on any atom is 0.321 e. The van der Waals surface area contributed by atoms with Crippen LogP contribution in [0.2, 0.25) is 0 Å². The van der Waals surface area contributed by atoms with Gasteiger partial charge in [-0.25, -0.2) is 14.8 Å². The largest absolute Gasteiger partial charge is 0.378 e. The maximum absolute atomic E-state index is 12.5. The number of ether oxygens (including phenoxy) is 1. The van der Waals surface area contributed by atoms with Crippen LogP contribution in [0, 0.1) is 6.92 Å². The third-order valence-corrected chi connectivity index (χ3v) is 5.17. The molecule has 0 bridgehead atoms. The molecule has 2 fully saturated rings. The molecule has 28 heavy (non-hydrogen) atoms. The van der Waals surface area contributed by atoms with Crippen LogP contribution in [-0.4, -0.2) is 73.4 Å². The fourth-order valence-corrected chi connectivity index (χ4v) is 3.45. The first kappa shape index (κ1) is 18.5. The van der Waals surface area contributed by atoms with Crippen molar-refractivity contribution >= 4 is 23.4 Å². The van der Waals surface area contributed by atoms with E-state index in [9.17, 15) is 4.79 Å². The van der Waals surface area contributed by atoms with Gasteiger partial charge in [-0.15, -0.1) is 0 Å². The Morgan fingerprint density at radius 3 is 2.18 bits per heavy atom. The molecule has 2 aliphatic heterocycles. The molecule has 8 nitrogen and oxygen atoms in total. The van der Waals surface area contributed by atoms with Crippen LogP contribution in [-0.2, 0) is 4.74 Å². The van der Waals surface area contributed by atoms with Gasteiger partial charge in [-0.1, -0.05) is 17.7 Å². The molecule has 4 rings (SSSR count). The van der Waals surface area contributed by atoms with Crippen molar-refractivity contribution in [3.8, 4) is 0 Å². The zero-order chi connectivity index (χ0) is 19.3. The van der Waals surface area contributed by atoms with Gasteiger partial charge in [0.2, 0.25) is 0 Å². The molecule has 0 spiro atoms. The monoisotopic (exact) mass is 382 g/mol. The Bertz CT molecular complexity index is 799. The summed E-state index contributed by atoms with van der Waals surface area (Å²) in [6.45, 7) is 8.02. The predicted octanol–water partition coefficient (Wildman–Crippen LogP) is 1.98. The van der Waals surface area contributed by atoms with Crippen molar-refractivity contribution in [3.05, 3.63) is 42.2 Å². The molecule has 1 aromatic heterocycles. The number of morpholine rings is 1. The summed E-state index contributed by atoms with van der Waals surface area (Å²) < 4.78 is 5.41. The van der Waals surface area contributed by atoms with Crippen molar-refractivity contribution in [3.63, 3.8) is 0 Å². The van der Waals surface area contributed by atoms with Crippen LogP contribution in [0.25, 0.3) is 0 Å². The van der Waals surface area contributed by atoms with E-state index in [1.807, 2.05) is 42.2 Å². The highest BCUT2D eigenvalue weighted by Gasteiger charge is 2.23. The van der Waals surface area contributed by atoms with Gasteiger partial charge in [-0.3, -0.25) is 0 Å². The molecule has 0 radical (unpaired) electrons. The Morgan fingerprint density at radius 2 is 1.54 bits per heavy atom. The Hall–Kier alpha value is -2.87. The number of benzene rings is 1. The van der Waals surface area contributed by atoms with Crippen molar-refractivity contribution in [2.24, 2.45) is 0 Å². The second-order valence-corrected chi connectivity index (χ2v) is 7.10. The minimum absolute atomic E-state index is 0.0554. The predicted molar refractivity (Wildman–Crippen MR) is 109 cm³/mol. The van der Waals surface area contributed by atoms with E-state index in [0.717, 1.165) is 56.7 Å². The molecule has 0 saturated carbocycles. The second-order valence-electron chi connectivity index (χ2n) is 7.10. The SMILES string of the molecule is Cc1ccc(NC(=O)N2CCN(c3cc(N4CCOCC4)ncn3)CC2)cc1. The molecule has 3 heterocycles. The number of carbonyl (C=O) groups is 1. The zero-order valence-electron chi connectivity index (χ0n) is 16.2. The first-order valence-electron chi connectivity index (χ1n) is 9.71. The lowest BCUT2D eigenvalue weighted by Gasteiger charge is -2.36. The topological polar surface area (TPSA) is 73.8 Å². The van der Waals surface area contributed by atoms with Crippen molar-refractivity contribution in [2.45, 2.75) is 6.92 Å². The molecule has 0 atom stereocenters. The lowest BCUT2D eigenvalue weighted by molar-refractivity contribution is 0.122. The third-order valence-electron chi connectivity index (χ3n) is 5.17. The van der Waals surface area contributed by atoms with Gasteiger partial charge in [0.1, 0.15) is 18.0 Å². The first-order valence-corrected chi connectivity index (χ1v) is 9.71. The number of nitrogens with one attached hydrogen (secondary N) is 1. The van der Waals surface area contributed by atoms with Crippen LogP contribution in [0.15, 0.2) is 36.7 Å². The van der Waals surface area contributed by atoms with Crippen molar-refractivity contribution in [1.82, 2.24) is 14.9 Å². The number of carbonyl (C=O) groups excluding carboxylic acids is 1. The summed E-state index contributed by atoms with van der Waals surface area (Å²) >= 11 is 0. The van der Waals surface area contributed by atoms with Gasteiger partial charge in [-0.05, 0) is 19.1 Å². The summed E-state index contributed by atoms with van der Waals surface area (Å²) in [4.78, 5) is 27.6. The van der Waals surface area contributed by atoms with Gasteiger partial charge in [0.25, 0.3) is 0 Å². The van der Waals surface area contributed by atoms with E-state index >= 15 is 0 Å². The third kappa shape index (κ3) is 4.33. The first-order chi connectivity index (χ1) is 13.7. The van der Waals surface area contributed by atoms with Crippen molar-refractivity contribution in [2.75, 3.05) is 67.6 Å². The number of nitrogens with zero attached hydrogens (tertiary/aromatic N) is 5. The molecule has 148 valence electrons. The number of piperazine rings is 1. The molecule has 2 amide bonds. The Morgan fingerprint density at radius 1 is 0.929 bits per heavy atom. The van der Waals surface area contributed by atoms with Gasteiger partial charge < -0.3 is 24.8 Å². The molecule has 2 aliphatic rings. The van der Waals surface area contributed by atoms with Gasteiger partial charge in [0.15, 0.2) is 0 Å². The Kier molecular flexibility index (Phi) is 5.57. The molecule has 0 aliphatic carbocycles. The fraction of sp³-hybridized carbons (Fsp3) is 0.450.